The molecule has 1 saturated carbocycles. The maximum atomic E-state index is 8.86. The molecule has 0 saturated heterocycles. The van der Waals surface area contributed by atoms with Crippen molar-refractivity contribution in [2.75, 3.05) is 0 Å². The van der Waals surface area contributed by atoms with E-state index < -0.39 is 0 Å². The maximum Gasteiger partial charge on any atom is 0.0641 e. The van der Waals surface area contributed by atoms with Gasteiger partial charge in [0.05, 0.1) is 12.5 Å². The number of nitrogens with zero attached hydrogens (tertiary/aromatic N) is 1. The van der Waals surface area contributed by atoms with Gasteiger partial charge in [0, 0.05) is 18.1 Å². The van der Waals surface area contributed by atoms with Crippen molar-refractivity contribution >= 4 is 0 Å². The number of rotatable bonds is 5. The van der Waals surface area contributed by atoms with Crippen LogP contribution in [-0.2, 0) is 6.54 Å². The van der Waals surface area contributed by atoms with Crippen LogP contribution in [0.5, 0.6) is 0 Å². The Bertz CT molecular complexity index is 677. The molecule has 0 amide bonds. The van der Waals surface area contributed by atoms with Gasteiger partial charge in [-0.05, 0) is 42.4 Å². The van der Waals surface area contributed by atoms with Crippen LogP contribution in [0.2, 0.25) is 0 Å². The van der Waals surface area contributed by atoms with Gasteiger partial charge in [0.1, 0.15) is 0 Å². The first-order chi connectivity index (χ1) is 11.7. The summed E-state index contributed by atoms with van der Waals surface area (Å²) in [5, 5.41) is 12.5. The van der Waals surface area contributed by atoms with Crippen LogP contribution >= 0.6 is 0 Å². The minimum absolute atomic E-state index is 0.260. The molecule has 0 atom stereocenters. The first-order valence-electron chi connectivity index (χ1n) is 8.72. The van der Waals surface area contributed by atoms with Gasteiger partial charge >= 0.3 is 0 Å². The zero-order chi connectivity index (χ0) is 16.8. The quantitative estimate of drug-likeness (QED) is 0.875. The summed E-state index contributed by atoms with van der Waals surface area (Å²) in [5.41, 5.74) is 9.81. The lowest BCUT2D eigenvalue weighted by atomic mass is 9.78. The minimum atomic E-state index is -0.260. The zero-order valence-electron chi connectivity index (χ0n) is 14.0. The van der Waals surface area contributed by atoms with Gasteiger partial charge < -0.3 is 11.1 Å². The Morgan fingerprint density at radius 1 is 1.00 bits per heavy atom. The van der Waals surface area contributed by atoms with E-state index >= 15 is 0 Å². The molecule has 124 valence electrons. The van der Waals surface area contributed by atoms with Crippen molar-refractivity contribution in [3.8, 4) is 17.2 Å². The Morgan fingerprint density at radius 2 is 1.62 bits per heavy atom. The van der Waals surface area contributed by atoms with Crippen molar-refractivity contribution in [1.29, 1.82) is 5.26 Å². The lowest BCUT2D eigenvalue weighted by Gasteiger charge is -2.36. The third-order valence-corrected chi connectivity index (χ3v) is 5.07. The van der Waals surface area contributed by atoms with Crippen LogP contribution in [0, 0.1) is 11.3 Å². The number of nitriles is 1. The summed E-state index contributed by atoms with van der Waals surface area (Å²) in [6.45, 7) is 0.884. The summed E-state index contributed by atoms with van der Waals surface area (Å²) < 4.78 is 0. The van der Waals surface area contributed by atoms with Crippen molar-refractivity contribution in [2.24, 2.45) is 5.73 Å². The van der Waals surface area contributed by atoms with Crippen LogP contribution in [0.4, 0.5) is 0 Å². The highest BCUT2D eigenvalue weighted by atomic mass is 14.9. The highest BCUT2D eigenvalue weighted by Crippen LogP contribution is 2.29. The van der Waals surface area contributed by atoms with Crippen LogP contribution < -0.4 is 11.1 Å². The van der Waals surface area contributed by atoms with Crippen molar-refractivity contribution in [3.63, 3.8) is 0 Å². The van der Waals surface area contributed by atoms with E-state index in [1.807, 2.05) is 6.07 Å². The molecular weight excluding hydrogens is 294 g/mol. The number of nitrogens with two attached hydrogens (primary N) is 1. The molecule has 0 heterocycles. The number of hydrogen-bond acceptors (Lipinski definition) is 3. The molecule has 0 bridgehead atoms. The maximum absolute atomic E-state index is 8.86. The van der Waals surface area contributed by atoms with Crippen LogP contribution in [-0.4, -0.2) is 11.6 Å². The Hall–Kier alpha value is -2.15. The first kappa shape index (κ1) is 16.7. The molecule has 0 spiro atoms. The second-order valence-electron chi connectivity index (χ2n) is 6.92. The molecule has 3 nitrogen and oxygen atoms in total. The molecule has 0 radical (unpaired) electrons. The molecule has 1 aliphatic carbocycles. The van der Waals surface area contributed by atoms with Crippen molar-refractivity contribution < 1.29 is 0 Å². The van der Waals surface area contributed by atoms with E-state index in [4.69, 9.17) is 11.0 Å². The summed E-state index contributed by atoms with van der Waals surface area (Å²) in [6.07, 6.45) is 4.46. The van der Waals surface area contributed by atoms with Crippen LogP contribution in [0.3, 0.4) is 0 Å². The van der Waals surface area contributed by atoms with Gasteiger partial charge in [-0.2, -0.15) is 5.26 Å². The normalized spacial score (nSPS) is 23.6. The van der Waals surface area contributed by atoms with Gasteiger partial charge in [0.25, 0.3) is 0 Å². The fourth-order valence-corrected chi connectivity index (χ4v) is 3.44. The minimum Gasteiger partial charge on any atom is -0.324 e. The molecule has 3 rings (SSSR count). The zero-order valence-corrected chi connectivity index (χ0v) is 14.0. The third-order valence-electron chi connectivity index (χ3n) is 5.07. The summed E-state index contributed by atoms with van der Waals surface area (Å²) in [4.78, 5) is 0. The van der Waals surface area contributed by atoms with Crippen LogP contribution in [0.1, 0.15) is 37.7 Å². The fourth-order valence-electron chi connectivity index (χ4n) is 3.44. The highest BCUT2D eigenvalue weighted by Gasteiger charge is 2.31. The molecule has 1 aliphatic rings. The average molecular weight is 319 g/mol. The molecule has 2 aromatic carbocycles. The van der Waals surface area contributed by atoms with Crippen molar-refractivity contribution in [1.82, 2.24) is 5.32 Å². The summed E-state index contributed by atoms with van der Waals surface area (Å²) in [5.74, 6) is 0. The standard InChI is InChI=1S/C21H25N3/c22-15-14-21(23)12-10-20(11-13-21)24-16-17-6-8-19(9-7-17)18-4-2-1-3-5-18/h1-9,20,24H,10-14,16,23H2. The average Bonchev–Trinajstić information content (AvgIpc) is 2.63. The fraction of sp³-hybridized carbons (Fsp3) is 0.381. The van der Waals surface area contributed by atoms with Crippen molar-refractivity contribution in [2.45, 2.75) is 50.2 Å². The summed E-state index contributed by atoms with van der Waals surface area (Å²) >= 11 is 0. The van der Waals surface area contributed by atoms with Gasteiger partial charge in [-0.25, -0.2) is 0 Å². The van der Waals surface area contributed by atoms with Gasteiger partial charge in [-0.15, -0.1) is 0 Å². The largest absolute Gasteiger partial charge is 0.324 e. The Labute approximate surface area is 144 Å². The Kier molecular flexibility index (Phi) is 5.30. The second-order valence-corrected chi connectivity index (χ2v) is 6.92. The first-order valence-corrected chi connectivity index (χ1v) is 8.72. The second kappa shape index (κ2) is 7.61. The Balaban J connectivity index is 1.50. The molecule has 2 aromatic rings. The number of hydrogen-bond donors (Lipinski definition) is 2. The van der Waals surface area contributed by atoms with Gasteiger partial charge in [0.15, 0.2) is 0 Å². The predicted molar refractivity (Wildman–Crippen MR) is 98.1 cm³/mol. The summed E-state index contributed by atoms with van der Waals surface area (Å²) in [7, 11) is 0. The third kappa shape index (κ3) is 4.23. The van der Waals surface area contributed by atoms with Gasteiger partial charge in [-0.1, -0.05) is 54.6 Å². The monoisotopic (exact) mass is 319 g/mol. The van der Waals surface area contributed by atoms with Crippen LogP contribution in [0.15, 0.2) is 54.6 Å². The smallest absolute Gasteiger partial charge is 0.0641 e. The van der Waals surface area contributed by atoms with Gasteiger partial charge in [0.2, 0.25) is 0 Å². The highest BCUT2D eigenvalue weighted by molar-refractivity contribution is 5.63. The predicted octanol–water partition coefficient (Wildman–Crippen LogP) is 4.00. The van der Waals surface area contributed by atoms with E-state index in [0.29, 0.717) is 12.5 Å². The molecule has 0 aliphatic heterocycles. The molecule has 24 heavy (non-hydrogen) atoms. The number of nitrogens with one attached hydrogen (secondary N) is 1. The molecule has 3 N–H and O–H groups in total. The topological polar surface area (TPSA) is 61.8 Å². The van der Waals surface area contributed by atoms with Crippen LogP contribution in [0.25, 0.3) is 11.1 Å². The van der Waals surface area contributed by atoms with Crippen molar-refractivity contribution in [3.05, 3.63) is 60.2 Å². The SMILES string of the molecule is N#CCC1(N)CCC(NCc2ccc(-c3ccccc3)cc2)CC1. The van der Waals surface area contributed by atoms with E-state index in [2.05, 4.69) is 59.9 Å². The molecular formula is C21H25N3. The Morgan fingerprint density at radius 3 is 2.25 bits per heavy atom. The molecule has 0 unspecified atom stereocenters. The van der Waals surface area contributed by atoms with E-state index in [1.165, 1.54) is 16.7 Å². The summed E-state index contributed by atoms with van der Waals surface area (Å²) in [6, 6.07) is 21.9. The molecule has 3 heteroatoms. The van der Waals surface area contributed by atoms with Gasteiger partial charge in [-0.3, -0.25) is 0 Å². The molecule has 1 fully saturated rings. The lowest BCUT2D eigenvalue weighted by molar-refractivity contribution is 0.252. The van der Waals surface area contributed by atoms with E-state index in [-0.39, 0.29) is 5.54 Å². The lowest BCUT2D eigenvalue weighted by Crippen LogP contribution is -2.46. The molecule has 0 aromatic heterocycles. The van der Waals surface area contributed by atoms with E-state index in [0.717, 1.165) is 32.2 Å². The van der Waals surface area contributed by atoms with E-state index in [1.54, 1.807) is 0 Å². The van der Waals surface area contributed by atoms with E-state index in [9.17, 15) is 0 Å². The number of benzene rings is 2.